The maximum absolute atomic E-state index is 13.3. The van der Waals surface area contributed by atoms with Gasteiger partial charge in [0, 0.05) is 26.2 Å². The molecule has 2 heterocycles. The summed E-state index contributed by atoms with van der Waals surface area (Å²) in [6, 6.07) is 11.4. The molecule has 1 atom stereocenters. The van der Waals surface area contributed by atoms with Crippen molar-refractivity contribution in [2.24, 2.45) is 0 Å². The van der Waals surface area contributed by atoms with Gasteiger partial charge in [0.1, 0.15) is 12.4 Å². The van der Waals surface area contributed by atoms with E-state index >= 15 is 0 Å². The van der Waals surface area contributed by atoms with Gasteiger partial charge < -0.3 is 5.32 Å². The SMILES string of the molecule is C[C@H](C(=O)N1CC(=O)Nc2ccccc21)N1CCCN(S(=O)(=O)c2ccc(F)cc2)CC1. The zero-order valence-corrected chi connectivity index (χ0v) is 18.5. The average Bonchev–Trinajstić information content (AvgIpc) is 3.05. The van der Waals surface area contributed by atoms with Crippen molar-refractivity contribution >= 4 is 33.2 Å². The highest BCUT2D eigenvalue weighted by Gasteiger charge is 2.34. The summed E-state index contributed by atoms with van der Waals surface area (Å²) in [5.41, 5.74) is 1.25. The lowest BCUT2D eigenvalue weighted by Gasteiger charge is -2.34. The Labute approximate surface area is 186 Å². The predicted octanol–water partition coefficient (Wildman–Crippen LogP) is 1.90. The summed E-state index contributed by atoms with van der Waals surface area (Å²) in [6.07, 6.45) is 0.551. The first kappa shape index (κ1) is 22.4. The van der Waals surface area contributed by atoms with E-state index in [1.807, 2.05) is 11.0 Å². The number of hydrogen-bond donors (Lipinski definition) is 1. The number of halogens is 1. The molecule has 2 aliphatic rings. The van der Waals surface area contributed by atoms with E-state index in [9.17, 15) is 22.4 Å². The molecule has 0 radical (unpaired) electrons. The Kier molecular flexibility index (Phi) is 6.27. The minimum Gasteiger partial charge on any atom is -0.323 e. The van der Waals surface area contributed by atoms with E-state index in [-0.39, 0.29) is 29.8 Å². The lowest BCUT2D eigenvalue weighted by atomic mass is 10.1. The second kappa shape index (κ2) is 8.97. The molecule has 10 heteroatoms. The normalized spacial score (nSPS) is 19.1. The molecule has 0 spiro atoms. The first-order valence-electron chi connectivity index (χ1n) is 10.5. The number of sulfonamides is 1. The first-order valence-corrected chi connectivity index (χ1v) is 11.9. The van der Waals surface area contributed by atoms with Gasteiger partial charge in [-0.1, -0.05) is 12.1 Å². The van der Waals surface area contributed by atoms with E-state index in [2.05, 4.69) is 5.32 Å². The topological polar surface area (TPSA) is 90.0 Å². The van der Waals surface area contributed by atoms with Crippen LogP contribution in [0.2, 0.25) is 0 Å². The minimum absolute atomic E-state index is 0.0485. The van der Waals surface area contributed by atoms with E-state index in [4.69, 9.17) is 0 Å². The number of nitrogens with one attached hydrogen (secondary N) is 1. The fourth-order valence-electron chi connectivity index (χ4n) is 4.11. The summed E-state index contributed by atoms with van der Waals surface area (Å²) < 4.78 is 40.5. The number of carbonyl (C=O) groups is 2. The van der Waals surface area contributed by atoms with Crippen molar-refractivity contribution in [3.63, 3.8) is 0 Å². The summed E-state index contributed by atoms with van der Waals surface area (Å²) in [4.78, 5) is 28.8. The van der Waals surface area contributed by atoms with Gasteiger partial charge in [0.05, 0.1) is 22.3 Å². The molecule has 0 aromatic heterocycles. The summed E-state index contributed by atoms with van der Waals surface area (Å²) in [7, 11) is -3.75. The van der Waals surface area contributed by atoms with Gasteiger partial charge in [-0.05, 0) is 49.7 Å². The van der Waals surface area contributed by atoms with Crippen molar-refractivity contribution in [2.45, 2.75) is 24.3 Å². The van der Waals surface area contributed by atoms with Crippen molar-refractivity contribution in [2.75, 3.05) is 42.9 Å². The molecule has 170 valence electrons. The van der Waals surface area contributed by atoms with Crippen LogP contribution in [-0.4, -0.2) is 68.2 Å². The van der Waals surface area contributed by atoms with Crippen molar-refractivity contribution < 1.29 is 22.4 Å². The van der Waals surface area contributed by atoms with Gasteiger partial charge >= 0.3 is 0 Å². The van der Waals surface area contributed by atoms with Gasteiger partial charge in [-0.15, -0.1) is 0 Å². The van der Waals surface area contributed by atoms with E-state index in [1.54, 1.807) is 25.1 Å². The lowest BCUT2D eigenvalue weighted by Crippen LogP contribution is -2.52. The summed E-state index contributed by atoms with van der Waals surface area (Å²) in [6.45, 7) is 3.17. The average molecular weight is 461 g/mol. The lowest BCUT2D eigenvalue weighted by molar-refractivity contribution is -0.125. The molecule has 8 nitrogen and oxygen atoms in total. The molecular formula is C22H25FN4O4S. The van der Waals surface area contributed by atoms with Gasteiger partial charge in [0.25, 0.3) is 0 Å². The Hall–Kier alpha value is -2.82. The number of anilines is 2. The molecule has 1 fully saturated rings. The Balaban J connectivity index is 1.47. The summed E-state index contributed by atoms with van der Waals surface area (Å²) in [5.74, 6) is -0.954. The smallest absolute Gasteiger partial charge is 0.244 e. The van der Waals surface area contributed by atoms with Crippen LogP contribution in [0.15, 0.2) is 53.4 Å². The van der Waals surface area contributed by atoms with Crippen LogP contribution in [0.5, 0.6) is 0 Å². The molecular weight excluding hydrogens is 435 g/mol. The Morgan fingerprint density at radius 3 is 2.50 bits per heavy atom. The van der Waals surface area contributed by atoms with Crippen LogP contribution in [0.25, 0.3) is 0 Å². The number of fused-ring (bicyclic) bond motifs is 1. The fourth-order valence-corrected chi connectivity index (χ4v) is 5.58. The number of amides is 2. The Bertz CT molecular complexity index is 1120. The predicted molar refractivity (Wildman–Crippen MR) is 118 cm³/mol. The molecule has 4 rings (SSSR count). The number of hydrogen-bond acceptors (Lipinski definition) is 5. The van der Waals surface area contributed by atoms with Crippen LogP contribution in [0, 0.1) is 5.82 Å². The molecule has 2 aromatic carbocycles. The Morgan fingerprint density at radius 1 is 1.03 bits per heavy atom. The number of benzene rings is 2. The summed E-state index contributed by atoms with van der Waals surface area (Å²) >= 11 is 0. The van der Waals surface area contributed by atoms with Gasteiger partial charge in [0.2, 0.25) is 21.8 Å². The standard InChI is InChI=1S/C22H25FN4O4S/c1-16(22(29)27-15-21(28)24-19-5-2-3-6-20(19)27)25-11-4-12-26(14-13-25)32(30,31)18-9-7-17(23)8-10-18/h2-3,5-10,16H,4,11-15H2,1H3,(H,24,28)/t16-/m1/s1. The number of carbonyl (C=O) groups excluding carboxylic acids is 2. The third kappa shape index (κ3) is 4.38. The third-order valence-electron chi connectivity index (χ3n) is 5.88. The first-order chi connectivity index (χ1) is 15.3. The molecule has 1 N–H and O–H groups in total. The molecule has 2 aliphatic heterocycles. The fraction of sp³-hybridized carbons (Fsp3) is 0.364. The largest absolute Gasteiger partial charge is 0.323 e. The van der Waals surface area contributed by atoms with Crippen LogP contribution < -0.4 is 10.2 Å². The van der Waals surface area contributed by atoms with Crippen LogP contribution in [0.4, 0.5) is 15.8 Å². The molecule has 2 amide bonds. The molecule has 2 aromatic rings. The van der Waals surface area contributed by atoms with Gasteiger partial charge in [-0.25, -0.2) is 12.8 Å². The van der Waals surface area contributed by atoms with E-state index in [1.165, 1.54) is 21.3 Å². The minimum atomic E-state index is -3.75. The maximum Gasteiger partial charge on any atom is 0.244 e. The molecule has 0 aliphatic carbocycles. The molecule has 32 heavy (non-hydrogen) atoms. The number of nitrogens with zero attached hydrogens (tertiary/aromatic N) is 3. The van der Waals surface area contributed by atoms with Crippen molar-refractivity contribution in [1.29, 1.82) is 0 Å². The van der Waals surface area contributed by atoms with E-state index in [0.29, 0.717) is 37.4 Å². The highest BCUT2D eigenvalue weighted by atomic mass is 32.2. The van der Waals surface area contributed by atoms with Crippen molar-refractivity contribution in [3.8, 4) is 0 Å². The molecule has 0 unspecified atom stereocenters. The van der Waals surface area contributed by atoms with Crippen molar-refractivity contribution in [1.82, 2.24) is 9.21 Å². The molecule has 0 saturated carbocycles. The van der Waals surface area contributed by atoms with Crippen LogP contribution in [0.3, 0.4) is 0 Å². The second-order valence-corrected chi connectivity index (χ2v) is 9.85. The van der Waals surface area contributed by atoms with Gasteiger partial charge in [-0.2, -0.15) is 4.31 Å². The van der Waals surface area contributed by atoms with Crippen LogP contribution in [-0.2, 0) is 19.6 Å². The quantitative estimate of drug-likeness (QED) is 0.753. The van der Waals surface area contributed by atoms with Gasteiger partial charge in [0.15, 0.2) is 0 Å². The molecule has 0 bridgehead atoms. The van der Waals surface area contributed by atoms with Crippen LogP contribution >= 0.6 is 0 Å². The van der Waals surface area contributed by atoms with Crippen LogP contribution in [0.1, 0.15) is 13.3 Å². The zero-order chi connectivity index (χ0) is 22.9. The Morgan fingerprint density at radius 2 is 1.75 bits per heavy atom. The monoisotopic (exact) mass is 460 g/mol. The van der Waals surface area contributed by atoms with E-state index in [0.717, 1.165) is 12.1 Å². The van der Waals surface area contributed by atoms with Gasteiger partial charge in [-0.3, -0.25) is 19.4 Å². The van der Waals surface area contributed by atoms with E-state index < -0.39 is 21.9 Å². The highest BCUT2D eigenvalue weighted by molar-refractivity contribution is 7.89. The number of rotatable bonds is 4. The van der Waals surface area contributed by atoms with Crippen molar-refractivity contribution in [3.05, 3.63) is 54.3 Å². The summed E-state index contributed by atoms with van der Waals surface area (Å²) in [5, 5.41) is 2.77. The molecule has 1 saturated heterocycles. The second-order valence-electron chi connectivity index (χ2n) is 7.91. The third-order valence-corrected chi connectivity index (χ3v) is 7.80. The number of para-hydroxylation sites is 2. The zero-order valence-electron chi connectivity index (χ0n) is 17.7. The maximum atomic E-state index is 13.3. The highest BCUT2D eigenvalue weighted by Crippen LogP contribution is 2.30.